The minimum Gasteiger partial charge on any atom is -0.485 e. The lowest BCUT2D eigenvalue weighted by Gasteiger charge is -2.06. The topological polar surface area (TPSA) is 26.3 Å². The number of hydrogen-bond acceptors (Lipinski definition) is 2. The van der Waals surface area contributed by atoms with Crippen molar-refractivity contribution in [2.24, 2.45) is 0 Å². The van der Waals surface area contributed by atoms with Gasteiger partial charge >= 0.3 is 0 Å². The molecule has 2 aromatic carbocycles. The molecule has 0 radical (unpaired) electrons. The molecule has 2 aromatic rings. The lowest BCUT2D eigenvalue weighted by Crippen LogP contribution is -2.15. The van der Waals surface area contributed by atoms with Crippen LogP contribution in [0.3, 0.4) is 0 Å². The average molecular weight is 248 g/mol. The van der Waals surface area contributed by atoms with Gasteiger partial charge in [0.1, 0.15) is 17.4 Å². The molecule has 0 spiro atoms. The smallest absolute Gasteiger partial charge is 0.206 e. The number of ketones is 1. The number of para-hydroxylation sites is 1. The van der Waals surface area contributed by atoms with Crippen LogP contribution >= 0.6 is 0 Å². The van der Waals surface area contributed by atoms with Crippen molar-refractivity contribution in [3.05, 3.63) is 65.7 Å². The molecule has 0 saturated carbocycles. The van der Waals surface area contributed by atoms with E-state index in [0.717, 1.165) is 12.1 Å². The molecule has 0 aliphatic carbocycles. The number of ether oxygens (including phenoxy) is 1. The molecular weight excluding hydrogens is 238 g/mol. The van der Waals surface area contributed by atoms with E-state index in [1.54, 1.807) is 30.3 Å². The van der Waals surface area contributed by atoms with Crippen molar-refractivity contribution < 1.29 is 18.3 Å². The van der Waals surface area contributed by atoms with Gasteiger partial charge in [0.15, 0.2) is 6.61 Å². The number of carbonyl (C=O) groups excluding carboxylic acids is 1. The van der Waals surface area contributed by atoms with E-state index >= 15 is 0 Å². The zero-order chi connectivity index (χ0) is 13.0. The van der Waals surface area contributed by atoms with Crippen LogP contribution in [0.4, 0.5) is 8.78 Å². The molecule has 0 unspecified atom stereocenters. The number of hydrogen-bond donors (Lipinski definition) is 0. The first-order valence-corrected chi connectivity index (χ1v) is 5.33. The Morgan fingerprint density at radius 1 is 0.944 bits per heavy atom. The fourth-order valence-electron chi connectivity index (χ4n) is 1.50. The first kappa shape index (κ1) is 12.2. The molecule has 0 atom stereocenters. The predicted molar refractivity (Wildman–Crippen MR) is 62.6 cm³/mol. The molecule has 2 nitrogen and oxygen atoms in total. The fourth-order valence-corrected chi connectivity index (χ4v) is 1.50. The van der Waals surface area contributed by atoms with Gasteiger partial charge in [-0.15, -0.1) is 0 Å². The van der Waals surface area contributed by atoms with E-state index in [9.17, 15) is 13.6 Å². The van der Waals surface area contributed by atoms with Crippen molar-refractivity contribution in [2.45, 2.75) is 0 Å². The summed E-state index contributed by atoms with van der Waals surface area (Å²) < 4.78 is 31.8. The maximum atomic E-state index is 13.3. The summed E-state index contributed by atoms with van der Waals surface area (Å²) in [4.78, 5) is 11.7. The van der Waals surface area contributed by atoms with Crippen molar-refractivity contribution in [2.75, 3.05) is 6.61 Å². The van der Waals surface area contributed by atoms with E-state index in [4.69, 9.17) is 4.74 Å². The Morgan fingerprint density at radius 2 is 1.56 bits per heavy atom. The Kier molecular flexibility index (Phi) is 3.67. The van der Waals surface area contributed by atoms with Gasteiger partial charge in [-0.2, -0.15) is 0 Å². The maximum absolute atomic E-state index is 13.3. The molecule has 92 valence electrons. The molecule has 4 heteroatoms. The molecule has 0 bridgehead atoms. The molecule has 0 N–H and O–H groups in total. The zero-order valence-corrected chi connectivity index (χ0v) is 9.40. The van der Waals surface area contributed by atoms with Gasteiger partial charge < -0.3 is 4.74 Å². The van der Waals surface area contributed by atoms with E-state index in [-0.39, 0.29) is 0 Å². The molecule has 0 aromatic heterocycles. The third-order valence-electron chi connectivity index (χ3n) is 2.35. The van der Waals surface area contributed by atoms with Crippen LogP contribution < -0.4 is 4.74 Å². The highest BCUT2D eigenvalue weighted by atomic mass is 19.1. The summed E-state index contributed by atoms with van der Waals surface area (Å²) >= 11 is 0. The first-order valence-electron chi connectivity index (χ1n) is 5.33. The lowest BCUT2D eigenvalue weighted by atomic mass is 10.1. The van der Waals surface area contributed by atoms with Gasteiger partial charge in [0, 0.05) is 0 Å². The standard InChI is InChI=1S/C14H10F2O2/c15-11-7-4-8-12(16)14(11)13(17)9-18-10-5-2-1-3-6-10/h1-8H,9H2. The van der Waals surface area contributed by atoms with Crippen LogP contribution in [0, 0.1) is 11.6 Å². The molecule has 0 aliphatic heterocycles. The highest BCUT2D eigenvalue weighted by Gasteiger charge is 2.17. The first-order chi connectivity index (χ1) is 8.68. The highest BCUT2D eigenvalue weighted by molar-refractivity contribution is 5.97. The fraction of sp³-hybridized carbons (Fsp3) is 0.0714. The Balaban J connectivity index is 2.09. The van der Waals surface area contributed by atoms with Gasteiger partial charge in [0.05, 0.1) is 5.56 Å². The van der Waals surface area contributed by atoms with Crippen molar-refractivity contribution in [3.8, 4) is 5.75 Å². The summed E-state index contributed by atoms with van der Waals surface area (Å²) in [7, 11) is 0. The summed E-state index contributed by atoms with van der Waals surface area (Å²) in [5.41, 5.74) is -0.562. The second kappa shape index (κ2) is 5.40. The number of halogens is 2. The number of rotatable bonds is 4. The molecule has 0 heterocycles. The Bertz CT molecular complexity index is 533. The molecule has 0 aliphatic rings. The predicted octanol–water partition coefficient (Wildman–Crippen LogP) is 3.23. The summed E-state index contributed by atoms with van der Waals surface area (Å²) in [6.07, 6.45) is 0. The minimum absolute atomic E-state index is 0.401. The third-order valence-corrected chi connectivity index (χ3v) is 2.35. The van der Waals surface area contributed by atoms with Crippen molar-refractivity contribution in [1.82, 2.24) is 0 Å². The average Bonchev–Trinajstić information content (AvgIpc) is 2.37. The highest BCUT2D eigenvalue weighted by Crippen LogP contribution is 2.14. The molecule has 0 fully saturated rings. The van der Waals surface area contributed by atoms with E-state index in [1.165, 1.54) is 6.07 Å². The monoisotopic (exact) mass is 248 g/mol. The largest absolute Gasteiger partial charge is 0.485 e. The van der Waals surface area contributed by atoms with Crippen LogP contribution in [0.15, 0.2) is 48.5 Å². The molecule has 2 rings (SSSR count). The van der Waals surface area contributed by atoms with Crippen LogP contribution in [0.2, 0.25) is 0 Å². The molecular formula is C14H10F2O2. The Hall–Kier alpha value is -2.23. The lowest BCUT2D eigenvalue weighted by molar-refractivity contribution is 0.0913. The van der Waals surface area contributed by atoms with Crippen LogP contribution in [0.25, 0.3) is 0 Å². The quantitative estimate of drug-likeness (QED) is 0.776. The SMILES string of the molecule is O=C(COc1ccccc1)c1c(F)cccc1F. The Morgan fingerprint density at radius 3 is 2.17 bits per heavy atom. The molecule has 0 saturated heterocycles. The van der Waals surface area contributed by atoms with Crippen molar-refractivity contribution in [1.29, 1.82) is 0 Å². The van der Waals surface area contributed by atoms with Crippen LogP contribution in [0.1, 0.15) is 10.4 Å². The number of Topliss-reactive ketones (excluding diaryl/α,β-unsaturated/α-hetero) is 1. The van der Waals surface area contributed by atoms with Crippen LogP contribution in [-0.2, 0) is 0 Å². The van der Waals surface area contributed by atoms with E-state index in [2.05, 4.69) is 0 Å². The number of carbonyl (C=O) groups is 1. The summed E-state index contributed by atoms with van der Waals surface area (Å²) in [6, 6.07) is 11.9. The summed E-state index contributed by atoms with van der Waals surface area (Å²) in [6.45, 7) is -0.401. The summed E-state index contributed by atoms with van der Waals surface area (Å²) in [5.74, 6) is -2.01. The van der Waals surface area contributed by atoms with E-state index < -0.39 is 29.6 Å². The van der Waals surface area contributed by atoms with E-state index in [0.29, 0.717) is 5.75 Å². The van der Waals surface area contributed by atoms with Gasteiger partial charge in [-0.3, -0.25) is 4.79 Å². The van der Waals surface area contributed by atoms with Crippen molar-refractivity contribution >= 4 is 5.78 Å². The van der Waals surface area contributed by atoms with Gasteiger partial charge in [0.2, 0.25) is 5.78 Å². The zero-order valence-electron chi connectivity index (χ0n) is 9.40. The second-order valence-corrected chi connectivity index (χ2v) is 3.62. The summed E-state index contributed by atoms with van der Waals surface area (Å²) in [5, 5.41) is 0. The van der Waals surface area contributed by atoms with E-state index in [1.807, 2.05) is 0 Å². The van der Waals surface area contributed by atoms with Gasteiger partial charge in [-0.25, -0.2) is 8.78 Å². The van der Waals surface area contributed by atoms with Crippen molar-refractivity contribution in [3.63, 3.8) is 0 Å². The molecule has 0 amide bonds. The van der Waals surface area contributed by atoms with Gasteiger partial charge in [-0.05, 0) is 24.3 Å². The second-order valence-electron chi connectivity index (χ2n) is 3.62. The van der Waals surface area contributed by atoms with Gasteiger partial charge in [0.25, 0.3) is 0 Å². The minimum atomic E-state index is -0.878. The third kappa shape index (κ3) is 2.71. The molecule has 18 heavy (non-hydrogen) atoms. The number of benzene rings is 2. The van der Waals surface area contributed by atoms with Crippen LogP contribution in [0.5, 0.6) is 5.75 Å². The van der Waals surface area contributed by atoms with Crippen LogP contribution in [-0.4, -0.2) is 12.4 Å². The normalized spacial score (nSPS) is 10.1. The van der Waals surface area contributed by atoms with Gasteiger partial charge in [-0.1, -0.05) is 24.3 Å². The Labute approximate surface area is 103 Å². The maximum Gasteiger partial charge on any atom is 0.206 e.